The Bertz CT molecular complexity index is 1110. The number of carbonyl (C=O) groups is 3. The predicted molar refractivity (Wildman–Crippen MR) is 128 cm³/mol. The number of aromatic nitrogens is 1. The molecule has 9 nitrogen and oxygen atoms in total. The van der Waals surface area contributed by atoms with Gasteiger partial charge >= 0.3 is 6.18 Å². The SMILES string of the molecule is CC(=O)N1CCN(C(=O)CN2CCN(C(=O)c3csc(Nc4cccc(C(F)(F)F)c4)n3)CC2)CC1. The smallest absolute Gasteiger partial charge is 0.339 e. The summed E-state index contributed by atoms with van der Waals surface area (Å²) in [6, 6.07) is 4.79. The Morgan fingerprint density at radius 1 is 0.972 bits per heavy atom. The van der Waals surface area contributed by atoms with Gasteiger partial charge in [0.2, 0.25) is 11.8 Å². The average Bonchev–Trinajstić information content (AvgIpc) is 3.32. The lowest BCUT2D eigenvalue weighted by atomic mass is 10.2. The molecule has 0 spiro atoms. The lowest BCUT2D eigenvalue weighted by molar-refractivity contribution is -0.139. The molecule has 1 aromatic carbocycles. The van der Waals surface area contributed by atoms with Gasteiger partial charge < -0.3 is 20.0 Å². The van der Waals surface area contributed by atoms with Crippen LogP contribution >= 0.6 is 11.3 Å². The normalized spacial score (nSPS) is 17.3. The van der Waals surface area contributed by atoms with Crippen molar-refractivity contribution in [3.8, 4) is 0 Å². The van der Waals surface area contributed by atoms with Crippen LogP contribution in [0, 0.1) is 0 Å². The number of benzene rings is 1. The van der Waals surface area contributed by atoms with Crippen LogP contribution in [0.3, 0.4) is 0 Å². The standard InChI is InChI=1S/C23H27F3N6O3S/c1-16(33)30-9-11-31(12-10-30)20(34)14-29-5-7-32(8-6-29)21(35)19-15-36-22(28-19)27-18-4-2-3-17(13-18)23(24,25)26/h2-4,13,15H,5-12,14H2,1H3,(H,27,28). The van der Waals surface area contributed by atoms with Gasteiger partial charge in [-0.25, -0.2) is 4.98 Å². The molecule has 0 unspecified atom stereocenters. The zero-order chi connectivity index (χ0) is 25.9. The maximum Gasteiger partial charge on any atom is 0.416 e. The number of anilines is 2. The van der Waals surface area contributed by atoms with Crippen LogP contribution in [0.15, 0.2) is 29.6 Å². The molecule has 3 amide bonds. The van der Waals surface area contributed by atoms with Gasteiger partial charge in [-0.3, -0.25) is 19.3 Å². The van der Waals surface area contributed by atoms with E-state index in [-0.39, 0.29) is 35.6 Å². The fraction of sp³-hybridized carbons (Fsp3) is 0.478. The number of hydrogen-bond donors (Lipinski definition) is 1. The van der Waals surface area contributed by atoms with Crippen LogP contribution in [0.5, 0.6) is 0 Å². The molecule has 13 heteroatoms. The van der Waals surface area contributed by atoms with Gasteiger partial charge in [0, 0.05) is 70.3 Å². The third-order valence-electron chi connectivity index (χ3n) is 6.26. The lowest BCUT2D eigenvalue weighted by Gasteiger charge is -2.37. The highest BCUT2D eigenvalue weighted by atomic mass is 32.1. The molecule has 4 rings (SSSR count). The number of amides is 3. The molecule has 2 aromatic rings. The molecular formula is C23H27F3N6O3S. The van der Waals surface area contributed by atoms with Crippen LogP contribution in [0.1, 0.15) is 23.0 Å². The van der Waals surface area contributed by atoms with Gasteiger partial charge in [-0.2, -0.15) is 13.2 Å². The second-order valence-corrected chi connectivity index (χ2v) is 9.55. The van der Waals surface area contributed by atoms with E-state index in [0.717, 1.165) is 23.5 Å². The van der Waals surface area contributed by atoms with Crippen molar-refractivity contribution in [3.63, 3.8) is 0 Å². The highest BCUT2D eigenvalue weighted by Gasteiger charge is 2.31. The number of rotatable bonds is 5. The van der Waals surface area contributed by atoms with Crippen molar-refractivity contribution in [1.82, 2.24) is 24.6 Å². The van der Waals surface area contributed by atoms with Gasteiger partial charge in [0.15, 0.2) is 5.13 Å². The maximum atomic E-state index is 12.9. The topological polar surface area (TPSA) is 89.1 Å². The number of piperazine rings is 2. The molecule has 36 heavy (non-hydrogen) atoms. The minimum absolute atomic E-state index is 0.0153. The fourth-order valence-corrected chi connectivity index (χ4v) is 4.86. The molecule has 3 heterocycles. The van der Waals surface area contributed by atoms with E-state index in [1.54, 1.807) is 20.1 Å². The van der Waals surface area contributed by atoms with Crippen molar-refractivity contribution in [2.75, 3.05) is 64.2 Å². The van der Waals surface area contributed by atoms with Crippen LogP contribution in [0.25, 0.3) is 0 Å². The summed E-state index contributed by atoms with van der Waals surface area (Å²) < 4.78 is 38.8. The molecule has 2 aliphatic heterocycles. The van der Waals surface area contributed by atoms with E-state index < -0.39 is 11.7 Å². The molecule has 0 atom stereocenters. The first-order valence-electron chi connectivity index (χ1n) is 11.5. The first-order valence-corrected chi connectivity index (χ1v) is 12.4. The van der Waals surface area contributed by atoms with E-state index in [0.29, 0.717) is 57.5 Å². The summed E-state index contributed by atoms with van der Waals surface area (Å²) in [7, 11) is 0. The maximum absolute atomic E-state index is 12.9. The van der Waals surface area contributed by atoms with E-state index in [4.69, 9.17) is 0 Å². The second kappa shape index (κ2) is 10.8. The number of carbonyl (C=O) groups excluding carboxylic acids is 3. The molecule has 0 bridgehead atoms. The van der Waals surface area contributed by atoms with Crippen molar-refractivity contribution < 1.29 is 27.6 Å². The first-order chi connectivity index (χ1) is 17.1. The summed E-state index contributed by atoms with van der Waals surface area (Å²) in [4.78, 5) is 48.4. The molecule has 2 saturated heterocycles. The van der Waals surface area contributed by atoms with Gasteiger partial charge in [-0.1, -0.05) is 6.07 Å². The molecule has 1 N–H and O–H groups in total. The van der Waals surface area contributed by atoms with Gasteiger partial charge in [0.05, 0.1) is 12.1 Å². The second-order valence-electron chi connectivity index (χ2n) is 8.70. The Hall–Kier alpha value is -3.19. The Kier molecular flexibility index (Phi) is 7.79. The van der Waals surface area contributed by atoms with Gasteiger partial charge in [0.25, 0.3) is 5.91 Å². The largest absolute Gasteiger partial charge is 0.416 e. The van der Waals surface area contributed by atoms with Crippen LogP contribution < -0.4 is 5.32 Å². The monoisotopic (exact) mass is 524 g/mol. The van der Waals surface area contributed by atoms with E-state index in [2.05, 4.69) is 10.3 Å². The van der Waals surface area contributed by atoms with Crippen molar-refractivity contribution in [3.05, 3.63) is 40.9 Å². The zero-order valence-electron chi connectivity index (χ0n) is 19.8. The Labute approximate surface area is 210 Å². The predicted octanol–water partition coefficient (Wildman–Crippen LogP) is 2.35. The summed E-state index contributed by atoms with van der Waals surface area (Å²) in [5.41, 5.74) is -0.309. The summed E-state index contributed by atoms with van der Waals surface area (Å²) >= 11 is 1.14. The first kappa shape index (κ1) is 25.9. The number of hydrogen-bond acceptors (Lipinski definition) is 7. The minimum atomic E-state index is -4.45. The minimum Gasteiger partial charge on any atom is -0.339 e. The average molecular weight is 525 g/mol. The zero-order valence-corrected chi connectivity index (χ0v) is 20.6. The van der Waals surface area contributed by atoms with Crippen LogP contribution in [-0.4, -0.2) is 101 Å². The Morgan fingerprint density at radius 3 is 2.25 bits per heavy atom. The number of alkyl halides is 3. The third kappa shape index (κ3) is 6.32. The van der Waals surface area contributed by atoms with Crippen LogP contribution in [0.4, 0.5) is 24.0 Å². The molecule has 0 radical (unpaired) electrons. The molecule has 2 aliphatic rings. The third-order valence-corrected chi connectivity index (χ3v) is 7.02. The van der Waals surface area contributed by atoms with Crippen molar-refractivity contribution in [2.24, 2.45) is 0 Å². The van der Waals surface area contributed by atoms with Gasteiger partial charge in [-0.05, 0) is 18.2 Å². The van der Waals surface area contributed by atoms with Crippen molar-refractivity contribution in [1.29, 1.82) is 0 Å². The number of halogens is 3. The summed E-state index contributed by atoms with van der Waals surface area (Å²) in [6.07, 6.45) is -4.45. The van der Waals surface area contributed by atoms with Gasteiger partial charge in [-0.15, -0.1) is 11.3 Å². The van der Waals surface area contributed by atoms with E-state index in [1.807, 2.05) is 4.90 Å². The molecule has 0 saturated carbocycles. The Balaban J connectivity index is 1.25. The quantitative estimate of drug-likeness (QED) is 0.646. The van der Waals surface area contributed by atoms with Crippen LogP contribution in [0.2, 0.25) is 0 Å². The van der Waals surface area contributed by atoms with Crippen molar-refractivity contribution >= 4 is 39.9 Å². The molecule has 1 aromatic heterocycles. The van der Waals surface area contributed by atoms with E-state index in [1.165, 1.54) is 19.1 Å². The molecular weight excluding hydrogens is 497 g/mol. The highest BCUT2D eigenvalue weighted by molar-refractivity contribution is 7.14. The lowest BCUT2D eigenvalue weighted by Crippen LogP contribution is -2.55. The van der Waals surface area contributed by atoms with Gasteiger partial charge in [0.1, 0.15) is 5.69 Å². The molecule has 0 aliphatic carbocycles. The summed E-state index contributed by atoms with van der Waals surface area (Å²) in [5.74, 6) is -0.223. The summed E-state index contributed by atoms with van der Waals surface area (Å²) in [5, 5.41) is 4.73. The number of nitrogens with one attached hydrogen (secondary N) is 1. The fourth-order valence-electron chi connectivity index (χ4n) is 4.16. The number of nitrogens with zero attached hydrogens (tertiary/aromatic N) is 5. The number of thiazole rings is 1. The van der Waals surface area contributed by atoms with E-state index in [9.17, 15) is 27.6 Å². The van der Waals surface area contributed by atoms with Crippen molar-refractivity contribution in [2.45, 2.75) is 13.1 Å². The van der Waals surface area contributed by atoms with Crippen LogP contribution in [-0.2, 0) is 15.8 Å². The van der Waals surface area contributed by atoms with E-state index >= 15 is 0 Å². The summed E-state index contributed by atoms with van der Waals surface area (Å²) in [6.45, 7) is 5.91. The molecule has 194 valence electrons. The molecule has 2 fully saturated rings. The Morgan fingerprint density at radius 2 is 1.61 bits per heavy atom. The highest BCUT2D eigenvalue weighted by Crippen LogP contribution is 2.32.